The monoisotopic (exact) mass is 538 g/mol. The summed E-state index contributed by atoms with van der Waals surface area (Å²) in [7, 11) is 1.61. The summed E-state index contributed by atoms with van der Waals surface area (Å²) in [6.45, 7) is 10.6. The lowest BCUT2D eigenvalue weighted by Crippen LogP contribution is -2.55. The fourth-order valence-electron chi connectivity index (χ4n) is 7.06. The van der Waals surface area contributed by atoms with Crippen molar-refractivity contribution < 1.29 is 33.6 Å². The number of aliphatic hydroxyl groups excluding tert-OH is 1. The van der Waals surface area contributed by atoms with Gasteiger partial charge in [0, 0.05) is 24.9 Å². The van der Waals surface area contributed by atoms with E-state index in [0.29, 0.717) is 13.2 Å². The average molecular weight is 539 g/mol. The van der Waals surface area contributed by atoms with Gasteiger partial charge in [-0.15, -0.1) is 0 Å². The van der Waals surface area contributed by atoms with E-state index in [9.17, 15) is 9.90 Å². The van der Waals surface area contributed by atoms with Gasteiger partial charge in [-0.25, -0.2) is 0 Å². The topological polar surface area (TPSA) is 83.5 Å². The highest BCUT2D eigenvalue weighted by molar-refractivity contribution is 5.94. The molecule has 3 saturated heterocycles. The molecule has 7 heteroatoms. The Morgan fingerprint density at radius 1 is 0.872 bits per heavy atom. The van der Waals surface area contributed by atoms with Crippen molar-refractivity contribution in [3.63, 3.8) is 0 Å². The maximum Gasteiger partial charge on any atom is 0.192 e. The lowest BCUT2D eigenvalue weighted by molar-refractivity contribution is -0.250. The van der Waals surface area contributed by atoms with E-state index in [4.69, 9.17) is 23.7 Å². The van der Waals surface area contributed by atoms with Crippen LogP contribution in [0, 0.1) is 23.7 Å². The standard InChI is InChI=1S/C32H42O7/c1-19(26-20(2)30(32(5,35-6)39-26)37-18-23-15-11-8-12-16-23)25(33)24-27-21(3)29(31(4,38-27)28(24)34)36-17-22-13-9-7-10-14-22/h7-16,19-21,24-27,29-30,33H,17-18H2,1-6H3/t19-,20+,21+,24+,25-,26-,27+,29-,30-,31+,32+/m0/s1. The first-order valence-corrected chi connectivity index (χ1v) is 14.0. The molecule has 0 aromatic heterocycles. The fourth-order valence-corrected chi connectivity index (χ4v) is 7.06. The van der Waals surface area contributed by atoms with E-state index in [0.717, 1.165) is 11.1 Å². The summed E-state index contributed by atoms with van der Waals surface area (Å²) < 4.78 is 31.1. The highest BCUT2D eigenvalue weighted by Crippen LogP contribution is 2.52. The molecule has 3 aliphatic rings. The molecule has 0 amide bonds. The number of carbonyl (C=O) groups is 1. The van der Waals surface area contributed by atoms with Gasteiger partial charge < -0.3 is 28.8 Å². The maximum absolute atomic E-state index is 13.8. The van der Waals surface area contributed by atoms with E-state index >= 15 is 0 Å². The number of hydrogen-bond donors (Lipinski definition) is 1. The number of ether oxygens (including phenoxy) is 5. The first kappa shape index (κ1) is 28.4. The van der Waals surface area contributed by atoms with Gasteiger partial charge in [0.2, 0.25) is 0 Å². The van der Waals surface area contributed by atoms with Crippen LogP contribution in [0.3, 0.4) is 0 Å². The zero-order valence-electron chi connectivity index (χ0n) is 23.8. The van der Waals surface area contributed by atoms with Crippen molar-refractivity contribution in [2.24, 2.45) is 23.7 Å². The predicted molar refractivity (Wildman–Crippen MR) is 146 cm³/mol. The van der Waals surface area contributed by atoms with Gasteiger partial charge in [0.25, 0.3) is 0 Å². The number of fused-ring (bicyclic) bond motifs is 2. The third-order valence-electron chi connectivity index (χ3n) is 9.32. The minimum absolute atomic E-state index is 0.0450. The molecule has 2 aromatic carbocycles. The molecule has 3 heterocycles. The summed E-state index contributed by atoms with van der Waals surface area (Å²) in [5, 5.41) is 11.6. The number of methoxy groups -OCH3 is 1. The van der Waals surface area contributed by atoms with Crippen LogP contribution >= 0.6 is 0 Å². The normalized spacial score (nSPS) is 39.3. The Bertz CT molecular complexity index is 1130. The van der Waals surface area contributed by atoms with E-state index in [2.05, 4.69) is 6.92 Å². The molecule has 2 bridgehead atoms. The van der Waals surface area contributed by atoms with Crippen LogP contribution in [0.15, 0.2) is 60.7 Å². The van der Waals surface area contributed by atoms with Crippen LogP contribution in [0.2, 0.25) is 0 Å². The number of Topliss-reactive ketones (excluding diaryl/α,β-unsaturated/α-hetero) is 1. The molecule has 3 aliphatic heterocycles. The molecular formula is C32H42O7. The zero-order chi connectivity index (χ0) is 27.9. The number of carbonyl (C=O) groups excluding carboxylic acids is 1. The number of benzene rings is 2. The van der Waals surface area contributed by atoms with Crippen LogP contribution in [0.25, 0.3) is 0 Å². The van der Waals surface area contributed by atoms with E-state index in [1.807, 2.05) is 88.4 Å². The smallest absolute Gasteiger partial charge is 0.192 e. The van der Waals surface area contributed by atoms with Gasteiger partial charge in [-0.1, -0.05) is 81.4 Å². The maximum atomic E-state index is 13.8. The summed E-state index contributed by atoms with van der Waals surface area (Å²) in [6.07, 6.45) is -2.45. The first-order valence-electron chi connectivity index (χ1n) is 14.0. The van der Waals surface area contributed by atoms with E-state index in [1.165, 1.54) is 0 Å². The van der Waals surface area contributed by atoms with Crippen molar-refractivity contribution in [3.8, 4) is 0 Å². The molecule has 1 N–H and O–H groups in total. The second kappa shape index (κ2) is 11.0. The molecule has 2 aromatic rings. The average Bonchev–Trinajstić information content (AvgIpc) is 3.47. The molecule has 212 valence electrons. The Morgan fingerprint density at radius 2 is 1.41 bits per heavy atom. The SMILES string of the molecule is CO[C@]1(C)O[C@@H]([C@@H](C)[C@H](O)[C@H]2C(=O)[C@@]3(C)O[C@@H]2[C@@H](C)[C@@H]3OCc2ccccc2)[C@@H](C)[C@@H]1OCc1ccccc1. The van der Waals surface area contributed by atoms with Crippen molar-refractivity contribution >= 4 is 5.78 Å². The summed E-state index contributed by atoms with van der Waals surface area (Å²) in [5.74, 6) is -2.19. The summed E-state index contributed by atoms with van der Waals surface area (Å²) >= 11 is 0. The van der Waals surface area contributed by atoms with E-state index in [1.54, 1.807) is 7.11 Å². The molecule has 0 radical (unpaired) electrons. The van der Waals surface area contributed by atoms with Gasteiger partial charge in [-0.05, 0) is 25.0 Å². The van der Waals surface area contributed by atoms with Crippen LogP contribution in [-0.2, 0) is 41.7 Å². The summed E-state index contributed by atoms with van der Waals surface area (Å²) in [5.41, 5.74) is 1.02. The molecule has 5 rings (SSSR count). The minimum Gasteiger partial charge on any atom is -0.392 e. The largest absolute Gasteiger partial charge is 0.392 e. The number of ketones is 1. The van der Waals surface area contributed by atoms with Crippen LogP contribution in [0.1, 0.15) is 45.7 Å². The van der Waals surface area contributed by atoms with Crippen LogP contribution < -0.4 is 0 Å². The molecule has 0 saturated carbocycles. The summed E-state index contributed by atoms with van der Waals surface area (Å²) in [4.78, 5) is 13.8. The fraction of sp³-hybridized carbons (Fsp3) is 0.594. The molecule has 39 heavy (non-hydrogen) atoms. The van der Waals surface area contributed by atoms with Crippen molar-refractivity contribution in [1.82, 2.24) is 0 Å². The first-order chi connectivity index (χ1) is 18.6. The van der Waals surface area contributed by atoms with Crippen molar-refractivity contribution in [1.29, 1.82) is 0 Å². The van der Waals surface area contributed by atoms with Crippen LogP contribution in [0.4, 0.5) is 0 Å². The van der Waals surface area contributed by atoms with Gasteiger partial charge >= 0.3 is 0 Å². The molecule has 11 atom stereocenters. The quantitative estimate of drug-likeness (QED) is 0.475. The Hall–Kier alpha value is -2.13. The minimum atomic E-state index is -1.09. The predicted octanol–water partition coefficient (Wildman–Crippen LogP) is 4.54. The lowest BCUT2D eigenvalue weighted by Gasteiger charge is -2.38. The van der Waals surface area contributed by atoms with Crippen LogP contribution in [-0.4, -0.2) is 59.9 Å². The van der Waals surface area contributed by atoms with Gasteiger partial charge in [-0.2, -0.15) is 0 Å². The van der Waals surface area contributed by atoms with Gasteiger partial charge in [0.1, 0.15) is 6.10 Å². The summed E-state index contributed by atoms with van der Waals surface area (Å²) in [6, 6.07) is 19.9. The molecule has 3 fully saturated rings. The zero-order valence-corrected chi connectivity index (χ0v) is 23.8. The van der Waals surface area contributed by atoms with E-state index in [-0.39, 0.29) is 41.8 Å². The molecule has 7 nitrogen and oxygen atoms in total. The third kappa shape index (κ3) is 4.98. The molecule has 0 unspecified atom stereocenters. The second-order valence-corrected chi connectivity index (χ2v) is 11.9. The van der Waals surface area contributed by atoms with Gasteiger partial charge in [0.05, 0.1) is 43.5 Å². The lowest BCUT2D eigenvalue weighted by atomic mass is 9.68. The highest BCUT2D eigenvalue weighted by Gasteiger charge is 2.68. The van der Waals surface area contributed by atoms with Crippen molar-refractivity contribution in [3.05, 3.63) is 71.8 Å². The molecular weight excluding hydrogens is 496 g/mol. The molecule has 0 spiro atoms. The van der Waals surface area contributed by atoms with Crippen LogP contribution in [0.5, 0.6) is 0 Å². The Kier molecular flexibility index (Phi) is 8.04. The van der Waals surface area contributed by atoms with Crippen molar-refractivity contribution in [2.75, 3.05) is 7.11 Å². The highest BCUT2D eigenvalue weighted by atomic mass is 16.7. The number of rotatable bonds is 10. The van der Waals surface area contributed by atoms with Crippen molar-refractivity contribution in [2.45, 2.75) is 89.7 Å². The Labute approximate surface area is 231 Å². The number of hydrogen-bond acceptors (Lipinski definition) is 7. The molecule has 0 aliphatic carbocycles. The van der Waals surface area contributed by atoms with Gasteiger partial charge in [0.15, 0.2) is 17.2 Å². The van der Waals surface area contributed by atoms with E-state index < -0.39 is 29.5 Å². The van der Waals surface area contributed by atoms with Gasteiger partial charge in [-0.3, -0.25) is 4.79 Å². The Morgan fingerprint density at radius 3 is 1.95 bits per heavy atom. The number of aliphatic hydroxyl groups is 1. The Balaban J connectivity index is 1.27. The third-order valence-corrected chi connectivity index (χ3v) is 9.32. The second-order valence-electron chi connectivity index (χ2n) is 11.9.